The van der Waals surface area contributed by atoms with E-state index in [1.165, 1.54) is 43.1 Å². The average molecular weight is 457 g/mol. The van der Waals surface area contributed by atoms with E-state index in [0.29, 0.717) is 0 Å². The molecule has 0 aliphatic heterocycles. The fraction of sp³-hybridized carbons (Fsp3) is 0. The zero-order chi connectivity index (χ0) is 23.6. The molecular formula is C34H20N2. The summed E-state index contributed by atoms with van der Waals surface area (Å²) in [6.07, 6.45) is 1.84. The first-order valence-corrected chi connectivity index (χ1v) is 12.3. The summed E-state index contributed by atoms with van der Waals surface area (Å²) in [7, 11) is 0. The van der Waals surface area contributed by atoms with Gasteiger partial charge in [-0.05, 0) is 61.3 Å². The van der Waals surface area contributed by atoms with Gasteiger partial charge in [0, 0.05) is 22.5 Å². The highest BCUT2D eigenvalue weighted by molar-refractivity contribution is 6.22. The lowest BCUT2D eigenvalue weighted by molar-refractivity contribution is 1.37. The fourth-order valence-electron chi connectivity index (χ4n) is 5.68. The topological polar surface area (TPSA) is 25.8 Å². The van der Waals surface area contributed by atoms with Crippen molar-refractivity contribution in [3.8, 4) is 11.3 Å². The first kappa shape index (κ1) is 19.5. The molecule has 0 aliphatic carbocycles. The molecule has 0 saturated carbocycles. The number of nitrogens with zero attached hydrogens (tertiary/aromatic N) is 2. The van der Waals surface area contributed by atoms with Crippen LogP contribution in [0.3, 0.4) is 0 Å². The molecule has 0 aliphatic rings. The number of benzene rings is 6. The first-order chi connectivity index (χ1) is 17.8. The van der Waals surface area contributed by atoms with Crippen molar-refractivity contribution in [2.75, 3.05) is 0 Å². The summed E-state index contributed by atoms with van der Waals surface area (Å²) in [6.45, 7) is 0. The Labute approximate surface area is 207 Å². The van der Waals surface area contributed by atoms with Crippen LogP contribution in [0.1, 0.15) is 0 Å². The van der Waals surface area contributed by atoms with Crippen LogP contribution in [0.15, 0.2) is 121 Å². The van der Waals surface area contributed by atoms with E-state index in [4.69, 9.17) is 4.98 Å². The van der Waals surface area contributed by atoms with Crippen LogP contribution in [0.25, 0.3) is 76.2 Å². The van der Waals surface area contributed by atoms with Crippen LogP contribution in [0.2, 0.25) is 0 Å². The molecule has 0 bridgehead atoms. The highest BCUT2D eigenvalue weighted by Gasteiger charge is 2.10. The highest BCUT2D eigenvalue weighted by atomic mass is 14.7. The normalized spacial score (nSPS) is 11.9. The molecule has 0 spiro atoms. The summed E-state index contributed by atoms with van der Waals surface area (Å²) in [5.41, 5.74) is 3.97. The van der Waals surface area contributed by atoms with Crippen molar-refractivity contribution in [2.45, 2.75) is 0 Å². The summed E-state index contributed by atoms with van der Waals surface area (Å²) in [4.78, 5) is 9.71. The van der Waals surface area contributed by atoms with Gasteiger partial charge in [0.15, 0.2) is 0 Å². The van der Waals surface area contributed by atoms with Gasteiger partial charge in [-0.25, -0.2) is 4.98 Å². The fourth-order valence-corrected chi connectivity index (χ4v) is 5.68. The van der Waals surface area contributed by atoms with E-state index < -0.39 is 0 Å². The highest BCUT2D eigenvalue weighted by Crippen LogP contribution is 2.36. The molecule has 2 heteroatoms. The Kier molecular flexibility index (Phi) is 3.97. The van der Waals surface area contributed by atoms with Crippen LogP contribution >= 0.6 is 0 Å². The molecular weight excluding hydrogens is 436 g/mol. The van der Waals surface area contributed by atoms with Crippen LogP contribution in [-0.2, 0) is 0 Å². The van der Waals surface area contributed by atoms with Crippen molar-refractivity contribution in [3.63, 3.8) is 0 Å². The molecule has 2 nitrogen and oxygen atoms in total. The molecule has 0 saturated heterocycles. The molecule has 8 rings (SSSR count). The summed E-state index contributed by atoms with van der Waals surface area (Å²) >= 11 is 0. The molecule has 36 heavy (non-hydrogen) atoms. The SMILES string of the molecule is c1ccc2c(c1)ccc1c2ccc2c3cc(-c4ccc5ccc6cccnc6c5n4)ccc3ccc21. The van der Waals surface area contributed by atoms with Crippen molar-refractivity contribution in [1.29, 1.82) is 0 Å². The Hall–Kier alpha value is -4.82. The summed E-state index contributed by atoms with van der Waals surface area (Å²) < 4.78 is 0. The standard InChI is InChI=1S/C34H20N2/c1-2-6-26-21(4-1)11-14-28-27(26)16-17-30-29(28)15-12-22-7-10-25(20-31(22)30)32-18-13-24-9-8-23-5-3-19-35-33(23)34(24)36-32/h1-20H. The second kappa shape index (κ2) is 7.34. The maximum absolute atomic E-state index is 5.08. The molecule has 0 amide bonds. The van der Waals surface area contributed by atoms with Crippen molar-refractivity contribution in [3.05, 3.63) is 121 Å². The van der Waals surface area contributed by atoms with E-state index in [1.807, 2.05) is 12.3 Å². The maximum Gasteiger partial charge on any atom is 0.0972 e. The van der Waals surface area contributed by atoms with Gasteiger partial charge in [0.1, 0.15) is 0 Å². The van der Waals surface area contributed by atoms with E-state index >= 15 is 0 Å². The van der Waals surface area contributed by atoms with Crippen molar-refractivity contribution in [2.24, 2.45) is 0 Å². The van der Waals surface area contributed by atoms with Crippen LogP contribution in [0, 0.1) is 0 Å². The van der Waals surface area contributed by atoms with E-state index in [2.05, 4.69) is 114 Å². The number of hydrogen-bond donors (Lipinski definition) is 0. The lowest BCUT2D eigenvalue weighted by Crippen LogP contribution is -1.89. The van der Waals surface area contributed by atoms with Gasteiger partial charge in [-0.2, -0.15) is 0 Å². The Bertz CT molecular complexity index is 2160. The largest absolute Gasteiger partial charge is 0.254 e. The quantitative estimate of drug-likeness (QED) is 0.230. The van der Waals surface area contributed by atoms with Gasteiger partial charge in [-0.1, -0.05) is 97.1 Å². The lowest BCUT2D eigenvalue weighted by Gasteiger charge is -2.11. The van der Waals surface area contributed by atoms with Gasteiger partial charge in [0.2, 0.25) is 0 Å². The third-order valence-electron chi connectivity index (χ3n) is 7.47. The van der Waals surface area contributed by atoms with Crippen molar-refractivity contribution < 1.29 is 0 Å². The van der Waals surface area contributed by atoms with E-state index in [1.54, 1.807) is 0 Å². The molecule has 0 N–H and O–H groups in total. The molecule has 0 atom stereocenters. The minimum absolute atomic E-state index is 0.946. The van der Waals surface area contributed by atoms with Crippen LogP contribution < -0.4 is 0 Å². The van der Waals surface area contributed by atoms with Crippen molar-refractivity contribution in [1.82, 2.24) is 9.97 Å². The molecule has 0 unspecified atom stereocenters. The van der Waals surface area contributed by atoms with Gasteiger partial charge in [0.05, 0.1) is 16.7 Å². The Morgan fingerprint density at radius 2 is 0.972 bits per heavy atom. The van der Waals surface area contributed by atoms with Gasteiger partial charge >= 0.3 is 0 Å². The van der Waals surface area contributed by atoms with Crippen LogP contribution in [0.5, 0.6) is 0 Å². The zero-order valence-corrected chi connectivity index (χ0v) is 19.4. The molecule has 166 valence electrons. The molecule has 0 radical (unpaired) electrons. The number of rotatable bonds is 1. The Morgan fingerprint density at radius 3 is 1.83 bits per heavy atom. The van der Waals surface area contributed by atoms with Gasteiger partial charge in [0.25, 0.3) is 0 Å². The maximum atomic E-state index is 5.08. The van der Waals surface area contributed by atoms with Crippen LogP contribution in [0.4, 0.5) is 0 Å². The summed E-state index contributed by atoms with van der Waals surface area (Å²) in [6, 6.07) is 41.4. The number of pyridine rings is 2. The van der Waals surface area contributed by atoms with Gasteiger partial charge in [-0.3, -0.25) is 4.98 Å². The minimum atomic E-state index is 0.946. The third-order valence-corrected chi connectivity index (χ3v) is 7.47. The Morgan fingerprint density at radius 1 is 0.389 bits per heavy atom. The molecule has 6 aromatic carbocycles. The summed E-state index contributed by atoms with van der Waals surface area (Å²) in [5.74, 6) is 0. The molecule has 8 aromatic rings. The molecule has 2 aromatic heterocycles. The zero-order valence-electron chi connectivity index (χ0n) is 19.4. The lowest BCUT2D eigenvalue weighted by atomic mass is 9.93. The van der Waals surface area contributed by atoms with E-state index in [0.717, 1.165) is 33.1 Å². The molecule has 0 fully saturated rings. The average Bonchev–Trinajstić information content (AvgIpc) is 2.96. The second-order valence-electron chi connectivity index (χ2n) is 9.45. The molecule has 2 heterocycles. The Balaban J connectivity index is 1.38. The summed E-state index contributed by atoms with van der Waals surface area (Å²) in [5, 5.41) is 12.4. The predicted octanol–water partition coefficient (Wildman–Crippen LogP) is 9.06. The van der Waals surface area contributed by atoms with Gasteiger partial charge in [-0.15, -0.1) is 0 Å². The number of aromatic nitrogens is 2. The minimum Gasteiger partial charge on any atom is -0.254 e. The predicted molar refractivity (Wildman–Crippen MR) is 153 cm³/mol. The number of hydrogen-bond acceptors (Lipinski definition) is 2. The van der Waals surface area contributed by atoms with E-state index in [-0.39, 0.29) is 0 Å². The smallest absolute Gasteiger partial charge is 0.0972 e. The van der Waals surface area contributed by atoms with Gasteiger partial charge < -0.3 is 0 Å². The second-order valence-corrected chi connectivity index (χ2v) is 9.45. The van der Waals surface area contributed by atoms with Crippen molar-refractivity contribution >= 4 is 64.9 Å². The first-order valence-electron chi connectivity index (χ1n) is 12.3. The monoisotopic (exact) mass is 456 g/mol. The third kappa shape index (κ3) is 2.79. The van der Waals surface area contributed by atoms with E-state index in [9.17, 15) is 0 Å². The van der Waals surface area contributed by atoms with Crippen LogP contribution in [-0.4, -0.2) is 9.97 Å². The number of fused-ring (bicyclic) bond motifs is 10.